The Bertz CT molecular complexity index is 913. The first-order valence-electron chi connectivity index (χ1n) is 11.2. The van der Waals surface area contributed by atoms with Crippen LogP contribution in [-0.2, 0) is 26.3 Å². The van der Waals surface area contributed by atoms with Crippen LogP contribution in [0.1, 0.15) is 50.2 Å². The first kappa shape index (κ1) is 20.1. The molecule has 3 heterocycles. The highest BCUT2D eigenvalue weighted by Crippen LogP contribution is 2.51. The van der Waals surface area contributed by atoms with Crippen LogP contribution in [0.5, 0.6) is 0 Å². The third-order valence-electron chi connectivity index (χ3n) is 7.75. The minimum Gasteiger partial charge on any atom is -0.326 e. The van der Waals surface area contributed by atoms with Gasteiger partial charge in [-0.15, -0.1) is 0 Å². The molecule has 0 unspecified atom stereocenters. The van der Waals surface area contributed by atoms with Crippen LogP contribution < -0.4 is 10.6 Å². The van der Waals surface area contributed by atoms with E-state index in [9.17, 15) is 14.4 Å². The van der Waals surface area contributed by atoms with Crippen molar-refractivity contribution < 1.29 is 19.7 Å². The molecule has 0 aromatic heterocycles. The maximum absolute atomic E-state index is 13.8. The number of fused-ring (bicyclic) bond motifs is 4. The van der Waals surface area contributed by atoms with E-state index >= 15 is 0 Å². The summed E-state index contributed by atoms with van der Waals surface area (Å²) in [6, 6.07) is 5.95. The van der Waals surface area contributed by atoms with Crippen molar-refractivity contribution in [2.75, 3.05) is 17.3 Å². The van der Waals surface area contributed by atoms with Crippen LogP contribution in [0.3, 0.4) is 0 Å². The van der Waals surface area contributed by atoms with Crippen LogP contribution in [0.15, 0.2) is 18.2 Å². The number of rotatable bonds is 5. The zero-order valence-corrected chi connectivity index (χ0v) is 18.5. The number of nitrogens with two attached hydrogens (primary N) is 1. The molecular weight excluding hydrogens is 398 g/mol. The maximum Gasteiger partial charge on any atom is 0.291 e. The number of anilines is 1. The number of nitrogens with zero attached hydrogens (tertiary/aromatic N) is 1. The Balaban J connectivity index is 1.63. The molecule has 2 saturated heterocycles. The first-order chi connectivity index (χ1) is 14.5. The molecule has 1 aromatic carbocycles. The molecule has 4 aliphatic rings. The molecule has 1 spiro atoms. The van der Waals surface area contributed by atoms with E-state index in [-0.39, 0.29) is 29.8 Å². The number of benzene rings is 1. The van der Waals surface area contributed by atoms with Crippen LogP contribution in [-0.4, -0.2) is 46.7 Å². The van der Waals surface area contributed by atoms with Crippen LogP contribution in [0, 0.1) is 11.8 Å². The fraction of sp³-hybridized carbons (Fsp3) is 0.609. The quantitative estimate of drug-likeness (QED) is 0.699. The van der Waals surface area contributed by atoms with Gasteiger partial charge in [-0.3, -0.25) is 19.3 Å². The summed E-state index contributed by atoms with van der Waals surface area (Å²) in [6.07, 6.45) is 7.60. The molecule has 1 aromatic rings. The van der Waals surface area contributed by atoms with E-state index in [1.165, 1.54) is 0 Å². The summed E-state index contributed by atoms with van der Waals surface area (Å²) >= 11 is 1.74. The predicted molar refractivity (Wildman–Crippen MR) is 116 cm³/mol. The lowest BCUT2D eigenvalue weighted by Gasteiger charge is -2.28. The van der Waals surface area contributed by atoms with Crippen LogP contribution in [0.25, 0.3) is 0 Å². The highest BCUT2D eigenvalue weighted by atomic mass is 32.2. The number of nitrogens with one attached hydrogen (secondary N) is 1. The first-order valence-corrected chi connectivity index (χ1v) is 12.6. The Labute approximate surface area is 181 Å². The Kier molecular flexibility index (Phi) is 4.93. The van der Waals surface area contributed by atoms with Gasteiger partial charge in [0.15, 0.2) is 0 Å². The van der Waals surface area contributed by atoms with Gasteiger partial charge in [-0.25, -0.2) is 0 Å². The van der Waals surface area contributed by atoms with Crippen molar-refractivity contribution in [2.45, 2.75) is 63.1 Å². The third kappa shape index (κ3) is 2.57. The number of amides is 3. The third-order valence-corrected chi connectivity index (χ3v) is 8.39. The summed E-state index contributed by atoms with van der Waals surface area (Å²) < 4.78 is 0. The van der Waals surface area contributed by atoms with Gasteiger partial charge >= 0.3 is 0 Å². The molecule has 0 bridgehead atoms. The number of thioether (sulfide) groups is 1. The molecule has 0 radical (unpaired) electrons. The van der Waals surface area contributed by atoms with Gasteiger partial charge in [0.1, 0.15) is 17.9 Å². The summed E-state index contributed by atoms with van der Waals surface area (Å²) in [5, 5.41) is 5.17. The molecule has 7 heteroatoms. The summed E-state index contributed by atoms with van der Waals surface area (Å²) in [4.78, 5) is 42.5. The number of imide groups is 1. The van der Waals surface area contributed by atoms with Gasteiger partial charge in [0.25, 0.3) is 5.91 Å². The fourth-order valence-electron chi connectivity index (χ4n) is 6.41. The number of hydrogen-bond acceptors (Lipinski definition) is 4. The highest BCUT2D eigenvalue weighted by molar-refractivity contribution is 7.98. The number of carbonyl (C=O) groups excluding carboxylic acids is 3. The predicted octanol–water partition coefficient (Wildman–Crippen LogP) is 1.64. The minimum atomic E-state index is -1.02. The molecule has 160 valence electrons. The summed E-state index contributed by atoms with van der Waals surface area (Å²) in [5.74, 6) is -0.393. The lowest BCUT2D eigenvalue weighted by molar-refractivity contribution is -0.733. The van der Waals surface area contributed by atoms with Gasteiger partial charge in [0, 0.05) is 18.0 Å². The maximum atomic E-state index is 13.8. The number of hydrogen-bond donors (Lipinski definition) is 2. The number of aryl methyl sites for hydroxylation is 1. The SMILES string of the molecule is CCc1cccc2c1NC(=O)[C@]21[NH2+][C@@H](CCSC)[C@H]2C(=O)N(C3CCCC3)C(=O)[C@H]21. The van der Waals surface area contributed by atoms with Crippen molar-refractivity contribution in [3.63, 3.8) is 0 Å². The Hall–Kier alpha value is -1.86. The van der Waals surface area contributed by atoms with Crippen LogP contribution >= 0.6 is 11.8 Å². The fourth-order valence-corrected chi connectivity index (χ4v) is 6.92. The molecule has 4 atom stereocenters. The number of para-hydroxylation sites is 1. The van der Waals surface area contributed by atoms with E-state index in [0.717, 1.165) is 61.1 Å². The van der Waals surface area contributed by atoms with Gasteiger partial charge in [0.05, 0.1) is 5.69 Å². The summed E-state index contributed by atoms with van der Waals surface area (Å²) in [6.45, 7) is 2.07. The zero-order chi connectivity index (χ0) is 21.0. The molecule has 3 N–H and O–H groups in total. The van der Waals surface area contributed by atoms with Crippen LogP contribution in [0.4, 0.5) is 5.69 Å². The van der Waals surface area contributed by atoms with Gasteiger partial charge in [0.2, 0.25) is 17.4 Å². The van der Waals surface area contributed by atoms with E-state index in [4.69, 9.17) is 0 Å². The molecule has 3 aliphatic heterocycles. The largest absolute Gasteiger partial charge is 0.326 e. The summed E-state index contributed by atoms with van der Waals surface area (Å²) in [7, 11) is 0. The van der Waals surface area contributed by atoms with Crippen molar-refractivity contribution in [1.82, 2.24) is 4.90 Å². The van der Waals surface area contributed by atoms with Gasteiger partial charge < -0.3 is 10.6 Å². The van der Waals surface area contributed by atoms with Gasteiger partial charge in [-0.2, -0.15) is 11.8 Å². The van der Waals surface area contributed by atoms with Crippen molar-refractivity contribution in [3.8, 4) is 0 Å². The normalized spacial score (nSPS) is 32.9. The Morgan fingerprint density at radius 1 is 1.20 bits per heavy atom. The molecule has 5 rings (SSSR count). The standard InChI is InChI=1S/C23H29N3O3S/c1-3-13-7-6-10-15-19(13)24-22(29)23(15)18-17(16(25-23)11-12-30-2)20(27)26(21(18)28)14-8-4-5-9-14/h6-7,10,14,16-18,25H,3-5,8-9,11-12H2,1-2H3,(H,24,29)/p+1/t16-,17+,18-,23-/m0/s1. The molecule has 1 saturated carbocycles. The smallest absolute Gasteiger partial charge is 0.291 e. The van der Waals surface area contributed by atoms with Crippen molar-refractivity contribution >= 4 is 35.2 Å². The average Bonchev–Trinajstić information content (AvgIpc) is 3.48. The summed E-state index contributed by atoms with van der Waals surface area (Å²) in [5.41, 5.74) is 1.81. The van der Waals surface area contributed by atoms with Crippen LogP contribution in [0.2, 0.25) is 0 Å². The van der Waals surface area contributed by atoms with E-state index in [0.29, 0.717) is 0 Å². The van der Waals surface area contributed by atoms with Crippen molar-refractivity contribution in [3.05, 3.63) is 29.3 Å². The molecule has 3 fully saturated rings. The molecule has 3 amide bonds. The Morgan fingerprint density at radius 2 is 1.97 bits per heavy atom. The van der Waals surface area contributed by atoms with Gasteiger partial charge in [-0.1, -0.05) is 38.0 Å². The lowest BCUT2D eigenvalue weighted by Crippen LogP contribution is -2.99. The molecule has 30 heavy (non-hydrogen) atoms. The Morgan fingerprint density at radius 3 is 2.67 bits per heavy atom. The van der Waals surface area contributed by atoms with E-state index in [1.54, 1.807) is 16.7 Å². The second kappa shape index (κ2) is 7.38. The molecule has 1 aliphatic carbocycles. The van der Waals surface area contributed by atoms with E-state index in [1.807, 2.05) is 18.2 Å². The highest BCUT2D eigenvalue weighted by Gasteiger charge is 2.74. The van der Waals surface area contributed by atoms with Gasteiger partial charge in [-0.05, 0) is 36.8 Å². The second-order valence-corrected chi connectivity index (χ2v) is 10.1. The number of likely N-dealkylation sites (tertiary alicyclic amines) is 1. The average molecular weight is 429 g/mol. The molecular formula is C23H30N3O3S+. The minimum absolute atomic E-state index is 0.0137. The number of carbonyl (C=O) groups is 3. The van der Waals surface area contributed by atoms with Crippen molar-refractivity contribution in [2.24, 2.45) is 11.8 Å². The van der Waals surface area contributed by atoms with E-state index in [2.05, 4.69) is 23.8 Å². The van der Waals surface area contributed by atoms with E-state index < -0.39 is 17.4 Å². The topological polar surface area (TPSA) is 83.1 Å². The zero-order valence-electron chi connectivity index (χ0n) is 17.6. The lowest BCUT2D eigenvalue weighted by atomic mass is 9.76. The monoisotopic (exact) mass is 428 g/mol. The molecule has 6 nitrogen and oxygen atoms in total. The van der Waals surface area contributed by atoms with Crippen molar-refractivity contribution in [1.29, 1.82) is 0 Å². The number of quaternary nitrogens is 1. The second-order valence-electron chi connectivity index (χ2n) is 9.12.